The van der Waals surface area contributed by atoms with Crippen LogP contribution in [0.3, 0.4) is 0 Å². The summed E-state index contributed by atoms with van der Waals surface area (Å²) in [6.45, 7) is 4.95. The molecule has 162 valence electrons. The Hall–Kier alpha value is -2.83. The first-order chi connectivity index (χ1) is 14.9. The number of hydrogen-bond acceptors (Lipinski definition) is 5. The van der Waals surface area contributed by atoms with Gasteiger partial charge in [0.2, 0.25) is 5.91 Å². The molecule has 0 aliphatic heterocycles. The second-order valence-electron chi connectivity index (χ2n) is 7.31. The predicted molar refractivity (Wildman–Crippen MR) is 128 cm³/mol. The summed E-state index contributed by atoms with van der Waals surface area (Å²) in [4.78, 5) is 16.8. The van der Waals surface area contributed by atoms with Crippen LogP contribution in [-0.2, 0) is 4.79 Å². The molecule has 0 atom stereocenters. The summed E-state index contributed by atoms with van der Waals surface area (Å²) in [5, 5.41) is 5.89. The average molecular weight is 457 g/mol. The third kappa shape index (κ3) is 6.84. The van der Waals surface area contributed by atoms with Gasteiger partial charge in [-0.25, -0.2) is 4.98 Å². The van der Waals surface area contributed by atoms with E-state index < -0.39 is 0 Å². The molecule has 0 radical (unpaired) electrons. The largest absolute Gasteiger partial charge is 0.493 e. The van der Waals surface area contributed by atoms with Crippen LogP contribution in [0, 0.1) is 5.92 Å². The molecule has 1 heterocycles. The van der Waals surface area contributed by atoms with Crippen LogP contribution in [0.2, 0.25) is 5.02 Å². The molecule has 1 aromatic heterocycles. The number of nitrogens with one attached hydrogen (secondary N) is 1. The molecule has 3 rings (SSSR count). The number of rotatable bonds is 9. The van der Waals surface area contributed by atoms with Gasteiger partial charge < -0.3 is 9.47 Å². The first-order valence-corrected chi connectivity index (χ1v) is 11.2. The molecule has 3 aromatic rings. The van der Waals surface area contributed by atoms with E-state index in [4.69, 9.17) is 21.1 Å². The Kier molecular flexibility index (Phi) is 8.09. The van der Waals surface area contributed by atoms with E-state index >= 15 is 0 Å². The topological polar surface area (TPSA) is 60.5 Å². The normalized spacial score (nSPS) is 11.1. The van der Waals surface area contributed by atoms with Gasteiger partial charge in [0.05, 0.1) is 19.4 Å². The number of anilines is 1. The molecule has 0 unspecified atom stereocenters. The molecule has 0 aliphatic rings. The van der Waals surface area contributed by atoms with Gasteiger partial charge in [0, 0.05) is 22.0 Å². The lowest BCUT2D eigenvalue weighted by atomic mass is 10.1. The van der Waals surface area contributed by atoms with E-state index in [9.17, 15) is 4.79 Å². The number of hydrogen-bond donors (Lipinski definition) is 1. The number of halogens is 1. The maximum Gasteiger partial charge on any atom is 0.250 e. The van der Waals surface area contributed by atoms with Crippen molar-refractivity contribution in [1.29, 1.82) is 0 Å². The van der Waals surface area contributed by atoms with Crippen molar-refractivity contribution >= 4 is 40.1 Å². The van der Waals surface area contributed by atoms with E-state index in [0.717, 1.165) is 23.2 Å². The minimum absolute atomic E-state index is 0.256. The summed E-state index contributed by atoms with van der Waals surface area (Å²) >= 11 is 7.29. The zero-order valence-electron chi connectivity index (χ0n) is 17.7. The van der Waals surface area contributed by atoms with E-state index in [1.165, 1.54) is 17.4 Å². The summed E-state index contributed by atoms with van der Waals surface area (Å²) in [5.74, 6) is 1.65. The van der Waals surface area contributed by atoms with Crippen molar-refractivity contribution in [3.05, 3.63) is 64.5 Å². The smallest absolute Gasteiger partial charge is 0.250 e. The van der Waals surface area contributed by atoms with Crippen molar-refractivity contribution in [2.45, 2.75) is 20.3 Å². The number of benzene rings is 2. The molecule has 7 heteroatoms. The van der Waals surface area contributed by atoms with Crippen molar-refractivity contribution in [2.24, 2.45) is 5.92 Å². The Morgan fingerprint density at radius 3 is 2.68 bits per heavy atom. The van der Waals surface area contributed by atoms with Crippen molar-refractivity contribution in [2.75, 3.05) is 19.0 Å². The Morgan fingerprint density at radius 2 is 1.97 bits per heavy atom. The molecule has 1 amide bonds. The summed E-state index contributed by atoms with van der Waals surface area (Å²) in [7, 11) is 1.60. The van der Waals surface area contributed by atoms with Crippen LogP contribution in [0.4, 0.5) is 5.13 Å². The van der Waals surface area contributed by atoms with Gasteiger partial charge in [-0.15, -0.1) is 11.3 Å². The van der Waals surface area contributed by atoms with Crippen molar-refractivity contribution < 1.29 is 14.3 Å². The van der Waals surface area contributed by atoms with E-state index in [0.29, 0.717) is 34.2 Å². The number of nitrogens with zero attached hydrogens (tertiary/aromatic N) is 1. The summed E-state index contributed by atoms with van der Waals surface area (Å²) < 4.78 is 11.2. The van der Waals surface area contributed by atoms with Crippen LogP contribution in [-0.4, -0.2) is 24.6 Å². The molecule has 0 saturated carbocycles. The molecule has 1 N–H and O–H groups in total. The van der Waals surface area contributed by atoms with E-state index in [2.05, 4.69) is 24.1 Å². The second-order valence-corrected chi connectivity index (χ2v) is 8.60. The van der Waals surface area contributed by atoms with Crippen LogP contribution >= 0.6 is 22.9 Å². The SMILES string of the molecule is COc1cc(/C=C/C(=O)Nc2nc(-c3ccc(Cl)cc3)cs2)ccc1OCCC(C)C. The Balaban J connectivity index is 1.60. The predicted octanol–water partition coefficient (Wildman–Crippen LogP) is 6.55. The van der Waals surface area contributed by atoms with E-state index in [1.54, 1.807) is 13.2 Å². The minimum atomic E-state index is -0.256. The van der Waals surface area contributed by atoms with Gasteiger partial charge in [-0.2, -0.15) is 0 Å². The van der Waals surface area contributed by atoms with Gasteiger partial charge in [-0.1, -0.05) is 43.6 Å². The van der Waals surface area contributed by atoms with Crippen molar-refractivity contribution in [3.8, 4) is 22.8 Å². The molecule has 0 fully saturated rings. The van der Waals surface area contributed by atoms with Crippen LogP contribution in [0.25, 0.3) is 17.3 Å². The van der Waals surface area contributed by atoms with Gasteiger partial charge in [0.25, 0.3) is 0 Å². The standard InChI is InChI=1S/C24H25ClN2O3S/c1-16(2)12-13-30-21-10-4-17(14-22(21)29-3)5-11-23(28)27-24-26-20(15-31-24)18-6-8-19(25)9-7-18/h4-11,14-16H,12-13H2,1-3H3,(H,26,27,28)/b11-5+. The number of carbonyl (C=O) groups is 1. The monoisotopic (exact) mass is 456 g/mol. The van der Waals surface area contributed by atoms with Gasteiger partial charge in [0.1, 0.15) is 0 Å². The lowest BCUT2D eigenvalue weighted by Gasteiger charge is -2.12. The molecule has 0 spiro atoms. The molecular formula is C24H25ClN2O3S. The Bertz CT molecular complexity index is 1050. The van der Waals surface area contributed by atoms with E-state index in [-0.39, 0.29) is 5.91 Å². The van der Waals surface area contributed by atoms with Gasteiger partial charge >= 0.3 is 0 Å². The molecule has 31 heavy (non-hydrogen) atoms. The summed E-state index contributed by atoms with van der Waals surface area (Å²) in [6, 6.07) is 13.0. The maximum absolute atomic E-state index is 12.3. The van der Waals surface area contributed by atoms with Crippen LogP contribution < -0.4 is 14.8 Å². The number of methoxy groups -OCH3 is 1. The number of ether oxygens (including phenoxy) is 2. The van der Waals surface area contributed by atoms with Gasteiger partial charge in [0.15, 0.2) is 16.6 Å². The summed E-state index contributed by atoms with van der Waals surface area (Å²) in [5.41, 5.74) is 2.57. The zero-order valence-corrected chi connectivity index (χ0v) is 19.3. The van der Waals surface area contributed by atoms with Crippen molar-refractivity contribution in [3.63, 3.8) is 0 Å². The highest BCUT2D eigenvalue weighted by atomic mass is 35.5. The maximum atomic E-state index is 12.3. The lowest BCUT2D eigenvalue weighted by molar-refractivity contribution is -0.111. The van der Waals surface area contributed by atoms with E-state index in [1.807, 2.05) is 47.8 Å². The number of carbonyl (C=O) groups excluding carboxylic acids is 1. The fourth-order valence-corrected chi connectivity index (χ4v) is 3.56. The number of aromatic nitrogens is 1. The third-order valence-corrected chi connectivity index (χ3v) is 5.45. The summed E-state index contributed by atoms with van der Waals surface area (Å²) in [6.07, 6.45) is 4.17. The number of amides is 1. The highest BCUT2D eigenvalue weighted by Gasteiger charge is 2.08. The molecule has 2 aromatic carbocycles. The fraction of sp³-hybridized carbons (Fsp3) is 0.250. The van der Waals surface area contributed by atoms with Crippen LogP contribution in [0.1, 0.15) is 25.8 Å². The first-order valence-electron chi connectivity index (χ1n) is 9.96. The Labute approximate surface area is 191 Å². The Morgan fingerprint density at radius 1 is 1.19 bits per heavy atom. The molecule has 0 aliphatic carbocycles. The zero-order chi connectivity index (χ0) is 22.2. The van der Waals surface area contributed by atoms with Gasteiger partial charge in [-0.05, 0) is 48.2 Å². The first kappa shape index (κ1) is 22.8. The molecular weight excluding hydrogens is 432 g/mol. The van der Waals surface area contributed by atoms with Gasteiger partial charge in [-0.3, -0.25) is 10.1 Å². The third-order valence-electron chi connectivity index (χ3n) is 4.44. The van der Waals surface area contributed by atoms with Crippen LogP contribution in [0.5, 0.6) is 11.5 Å². The molecule has 5 nitrogen and oxygen atoms in total. The number of thiazole rings is 1. The second kappa shape index (κ2) is 11.0. The quantitative estimate of drug-likeness (QED) is 0.371. The molecule has 0 saturated heterocycles. The van der Waals surface area contributed by atoms with Crippen molar-refractivity contribution in [1.82, 2.24) is 4.98 Å². The highest BCUT2D eigenvalue weighted by Crippen LogP contribution is 2.29. The highest BCUT2D eigenvalue weighted by molar-refractivity contribution is 7.14. The lowest BCUT2D eigenvalue weighted by Crippen LogP contribution is -2.07. The van der Waals surface area contributed by atoms with Crippen LogP contribution in [0.15, 0.2) is 53.9 Å². The average Bonchev–Trinajstić information content (AvgIpc) is 3.21. The fourth-order valence-electron chi connectivity index (χ4n) is 2.72. The minimum Gasteiger partial charge on any atom is -0.493 e. The molecule has 0 bridgehead atoms.